The molecule has 0 saturated carbocycles. The molecule has 5 aromatic rings. The molecule has 2 aliphatic rings. The van der Waals surface area contributed by atoms with Crippen molar-refractivity contribution < 1.29 is 14.2 Å². The van der Waals surface area contributed by atoms with Gasteiger partial charge in [-0.15, -0.1) is 0 Å². The van der Waals surface area contributed by atoms with Crippen molar-refractivity contribution in [3.05, 3.63) is 119 Å². The molecule has 0 amide bonds. The summed E-state index contributed by atoms with van der Waals surface area (Å²) in [6, 6.07) is 26.0. The van der Waals surface area contributed by atoms with E-state index in [-0.39, 0.29) is 17.8 Å². The third-order valence-electron chi connectivity index (χ3n) is 9.67. The minimum atomic E-state index is -1.04. The lowest BCUT2D eigenvalue weighted by Gasteiger charge is -2.37. The minimum absolute atomic E-state index is 0.0657. The molecule has 12 heteroatoms. The number of aromatic nitrogens is 5. The summed E-state index contributed by atoms with van der Waals surface area (Å²) >= 11 is 0. The quantitative estimate of drug-likeness (QED) is 0.190. The van der Waals surface area contributed by atoms with Crippen LogP contribution in [0.25, 0.3) is 5.69 Å². The van der Waals surface area contributed by atoms with Crippen LogP contribution in [-0.2, 0) is 21.8 Å². The van der Waals surface area contributed by atoms with Crippen molar-refractivity contribution in [2.75, 3.05) is 49.2 Å². The van der Waals surface area contributed by atoms with Crippen molar-refractivity contribution in [2.45, 2.75) is 51.7 Å². The van der Waals surface area contributed by atoms with Crippen molar-refractivity contribution >= 4 is 11.4 Å². The van der Waals surface area contributed by atoms with E-state index in [1.54, 1.807) is 32.5 Å². The number of aryl methyl sites for hydroxylation is 1. The molecule has 0 N–H and O–H groups in total. The van der Waals surface area contributed by atoms with Gasteiger partial charge in [0.05, 0.1) is 36.5 Å². The van der Waals surface area contributed by atoms with Crippen molar-refractivity contribution in [1.82, 2.24) is 24.1 Å². The Bertz CT molecular complexity index is 1990. The van der Waals surface area contributed by atoms with E-state index >= 15 is 0 Å². The standard InChI is InChI=1S/C38H42N8O4/c1-4-29(3)46-37(47)45(27-41-46)33-9-7-31(8-10-33)42-18-20-43(21-19-42)32-11-13-34(14-12-32)48-24-35-25-49-38(50-35,26-44-17-5-16-40-44)36-15-6-30(23-39)22-28(36)2/h5-17,22,27,29,35H,4,18-21,24-26H2,1-3H3/t29-,35-,38-/m0/s1. The number of nitrogens with zero attached hydrogens (tertiary/aromatic N) is 8. The molecule has 0 bridgehead atoms. The van der Waals surface area contributed by atoms with Gasteiger partial charge in [-0.1, -0.05) is 13.0 Å². The molecule has 2 aliphatic heterocycles. The molecule has 3 aromatic carbocycles. The Balaban J connectivity index is 0.929. The zero-order chi connectivity index (χ0) is 34.7. The van der Waals surface area contributed by atoms with Gasteiger partial charge in [0, 0.05) is 55.5 Å². The molecule has 50 heavy (non-hydrogen) atoms. The van der Waals surface area contributed by atoms with E-state index in [2.05, 4.69) is 50.3 Å². The Labute approximate surface area is 291 Å². The molecule has 3 atom stereocenters. The summed E-state index contributed by atoms with van der Waals surface area (Å²) in [7, 11) is 0. The SMILES string of the molecule is CC[C@H](C)n1ncn(-c2ccc(N3CCN(c4ccc(OC[C@H]5CO[C@](Cn6cccn6)(c6ccc(C#N)cc6C)O5)cc4)CC3)cc2)c1=O. The Kier molecular flexibility index (Phi) is 9.43. The molecule has 0 radical (unpaired) electrons. The Morgan fingerprint density at radius 2 is 1.66 bits per heavy atom. The molecule has 0 spiro atoms. The van der Waals surface area contributed by atoms with Gasteiger partial charge in [-0.2, -0.15) is 15.5 Å². The zero-order valence-corrected chi connectivity index (χ0v) is 28.7. The number of benzene rings is 3. The third kappa shape index (κ3) is 6.75. The lowest BCUT2D eigenvalue weighted by Crippen LogP contribution is -2.46. The second kappa shape index (κ2) is 14.2. The predicted octanol–water partition coefficient (Wildman–Crippen LogP) is 5.06. The maximum Gasteiger partial charge on any atom is 0.350 e. The maximum atomic E-state index is 12.8. The van der Waals surface area contributed by atoms with Gasteiger partial charge < -0.3 is 24.0 Å². The fourth-order valence-electron chi connectivity index (χ4n) is 6.68. The van der Waals surface area contributed by atoms with E-state index in [9.17, 15) is 10.1 Å². The lowest BCUT2D eigenvalue weighted by molar-refractivity contribution is -0.191. The monoisotopic (exact) mass is 674 g/mol. The second-order valence-electron chi connectivity index (χ2n) is 12.9. The van der Waals surface area contributed by atoms with Gasteiger partial charge in [0.25, 0.3) is 0 Å². The average molecular weight is 675 g/mol. The molecule has 0 aliphatic carbocycles. The summed E-state index contributed by atoms with van der Waals surface area (Å²) in [5, 5.41) is 18.0. The van der Waals surface area contributed by atoms with Crippen LogP contribution in [0.2, 0.25) is 0 Å². The smallest absolute Gasteiger partial charge is 0.350 e. The van der Waals surface area contributed by atoms with Crippen LogP contribution in [0, 0.1) is 18.3 Å². The van der Waals surface area contributed by atoms with Crippen LogP contribution in [0.15, 0.2) is 96.3 Å². The first-order chi connectivity index (χ1) is 24.4. The summed E-state index contributed by atoms with van der Waals surface area (Å²) in [5.41, 5.74) is 5.38. The van der Waals surface area contributed by atoms with Crippen LogP contribution >= 0.6 is 0 Å². The van der Waals surface area contributed by atoms with Gasteiger partial charge in [-0.05, 0) is 92.6 Å². The highest BCUT2D eigenvalue weighted by molar-refractivity contribution is 5.55. The molecular weight excluding hydrogens is 632 g/mol. The van der Waals surface area contributed by atoms with E-state index in [1.165, 1.54) is 0 Å². The maximum absolute atomic E-state index is 12.8. The molecule has 12 nitrogen and oxygen atoms in total. The fraction of sp³-hybridized carbons (Fsp3) is 0.368. The van der Waals surface area contributed by atoms with Crippen molar-refractivity contribution in [2.24, 2.45) is 0 Å². The number of hydrogen-bond donors (Lipinski definition) is 0. The predicted molar refractivity (Wildman–Crippen MR) is 190 cm³/mol. The Hall–Kier alpha value is -5.38. The summed E-state index contributed by atoms with van der Waals surface area (Å²) in [6.07, 6.45) is 5.78. The summed E-state index contributed by atoms with van der Waals surface area (Å²) in [6.45, 7) is 10.7. The van der Waals surface area contributed by atoms with E-state index < -0.39 is 5.79 Å². The van der Waals surface area contributed by atoms with Gasteiger partial charge in [0.15, 0.2) is 0 Å². The van der Waals surface area contributed by atoms with E-state index in [0.717, 1.165) is 66.5 Å². The van der Waals surface area contributed by atoms with Crippen molar-refractivity contribution in [3.8, 4) is 17.5 Å². The molecule has 2 fully saturated rings. The molecular formula is C38H42N8O4. The highest BCUT2D eigenvalue weighted by atomic mass is 16.8. The van der Waals surface area contributed by atoms with Gasteiger partial charge in [-0.25, -0.2) is 14.0 Å². The number of anilines is 2. The van der Waals surface area contributed by atoms with Crippen LogP contribution in [0.4, 0.5) is 11.4 Å². The second-order valence-corrected chi connectivity index (χ2v) is 12.9. The van der Waals surface area contributed by atoms with Gasteiger partial charge in [-0.3, -0.25) is 4.68 Å². The van der Waals surface area contributed by atoms with Gasteiger partial charge in [0.1, 0.15) is 24.8 Å². The van der Waals surface area contributed by atoms with Gasteiger partial charge >= 0.3 is 5.69 Å². The molecule has 7 rings (SSSR count). The summed E-state index contributed by atoms with van der Waals surface area (Å²) < 4.78 is 24.1. The van der Waals surface area contributed by atoms with Crippen molar-refractivity contribution in [1.29, 1.82) is 5.26 Å². The van der Waals surface area contributed by atoms with E-state index in [1.807, 2.05) is 69.4 Å². The average Bonchev–Trinajstić information content (AvgIpc) is 3.92. The first-order valence-corrected chi connectivity index (χ1v) is 17.2. The molecule has 4 heterocycles. The number of hydrogen-bond acceptors (Lipinski definition) is 9. The highest BCUT2D eigenvalue weighted by Gasteiger charge is 2.45. The highest BCUT2D eigenvalue weighted by Crippen LogP contribution is 2.38. The van der Waals surface area contributed by atoms with Crippen molar-refractivity contribution in [3.63, 3.8) is 0 Å². The van der Waals surface area contributed by atoms with Crippen LogP contribution in [0.5, 0.6) is 5.75 Å². The third-order valence-corrected chi connectivity index (χ3v) is 9.67. The molecule has 2 aromatic heterocycles. The Morgan fingerprint density at radius 3 is 2.28 bits per heavy atom. The number of ether oxygens (including phenoxy) is 3. The van der Waals surface area contributed by atoms with Crippen LogP contribution < -0.4 is 20.2 Å². The first-order valence-electron chi connectivity index (χ1n) is 17.2. The van der Waals surface area contributed by atoms with Crippen LogP contribution in [-0.4, -0.2) is 69.6 Å². The van der Waals surface area contributed by atoms with E-state index in [0.29, 0.717) is 25.3 Å². The largest absolute Gasteiger partial charge is 0.491 e. The molecule has 258 valence electrons. The normalized spacial score (nSPS) is 19.8. The number of rotatable bonds is 11. The Morgan fingerprint density at radius 1 is 0.980 bits per heavy atom. The van der Waals surface area contributed by atoms with Crippen LogP contribution in [0.1, 0.15) is 43.0 Å². The molecule has 2 saturated heterocycles. The lowest BCUT2D eigenvalue weighted by atomic mass is 9.98. The zero-order valence-electron chi connectivity index (χ0n) is 28.7. The summed E-state index contributed by atoms with van der Waals surface area (Å²) in [5.74, 6) is -0.271. The topological polar surface area (TPSA) is 116 Å². The number of nitriles is 1. The first kappa shape index (κ1) is 33.1. The fourth-order valence-corrected chi connectivity index (χ4v) is 6.68. The van der Waals surface area contributed by atoms with Crippen LogP contribution in [0.3, 0.4) is 0 Å². The van der Waals surface area contributed by atoms with Gasteiger partial charge in [0.2, 0.25) is 5.79 Å². The van der Waals surface area contributed by atoms with E-state index in [4.69, 9.17) is 14.2 Å². The summed E-state index contributed by atoms with van der Waals surface area (Å²) in [4.78, 5) is 17.6. The number of piperazine rings is 1. The minimum Gasteiger partial charge on any atom is -0.491 e. The molecule has 0 unspecified atom stereocenters.